The predicted octanol–water partition coefficient (Wildman–Crippen LogP) is -0.987. The van der Waals surface area contributed by atoms with E-state index in [1.807, 2.05) is 6.92 Å². The molecule has 0 aromatic rings. The van der Waals surface area contributed by atoms with Gasteiger partial charge in [-0.3, -0.25) is 28.8 Å². The van der Waals surface area contributed by atoms with Crippen molar-refractivity contribution in [3.63, 3.8) is 0 Å². The lowest BCUT2D eigenvalue weighted by molar-refractivity contribution is -0.163. The van der Waals surface area contributed by atoms with E-state index in [-0.39, 0.29) is 31.3 Å². The van der Waals surface area contributed by atoms with Crippen LogP contribution in [0, 0.1) is 11.8 Å². The number of amides is 5. The van der Waals surface area contributed by atoms with Crippen molar-refractivity contribution in [2.24, 2.45) is 11.8 Å². The zero-order valence-corrected chi connectivity index (χ0v) is 26.4. The van der Waals surface area contributed by atoms with E-state index in [4.69, 9.17) is 4.74 Å². The van der Waals surface area contributed by atoms with Crippen molar-refractivity contribution in [3.05, 3.63) is 0 Å². The average Bonchev–Trinajstić information content (AvgIpc) is 3.46. The lowest BCUT2D eigenvalue weighted by Crippen LogP contribution is -2.60. The smallest absolute Gasteiger partial charge is 0.308 e. The minimum Gasteiger partial charge on any atom is -0.452 e. The number of nitrogens with one attached hydrogen (secondary N) is 2. The van der Waals surface area contributed by atoms with Gasteiger partial charge in [-0.2, -0.15) is 0 Å². The van der Waals surface area contributed by atoms with E-state index in [0.717, 1.165) is 0 Å². The first kappa shape index (κ1) is 35.9. The molecule has 2 aliphatic rings. The number of carbonyl (C=O) groups is 6. The van der Waals surface area contributed by atoms with Gasteiger partial charge >= 0.3 is 5.97 Å². The third kappa shape index (κ3) is 8.88. The largest absolute Gasteiger partial charge is 0.452 e. The molecule has 0 aromatic carbocycles. The number of fused-ring (bicyclic) bond motifs is 1. The van der Waals surface area contributed by atoms with Gasteiger partial charge in [-0.25, -0.2) is 0 Å². The van der Waals surface area contributed by atoms with Crippen LogP contribution in [-0.4, -0.2) is 131 Å². The Labute approximate surface area is 253 Å². The van der Waals surface area contributed by atoms with Crippen LogP contribution in [-0.2, 0) is 33.5 Å². The van der Waals surface area contributed by atoms with E-state index in [1.54, 1.807) is 20.8 Å². The number of cyclic esters (lactones) is 1. The van der Waals surface area contributed by atoms with Crippen LogP contribution in [0.3, 0.4) is 0 Å². The summed E-state index contributed by atoms with van der Waals surface area (Å²) in [5.74, 6) is -4.22. The number of hydrogen-bond donors (Lipinski definition) is 4. The van der Waals surface area contributed by atoms with Crippen molar-refractivity contribution in [1.29, 1.82) is 0 Å². The molecule has 2 aliphatic heterocycles. The van der Waals surface area contributed by atoms with E-state index in [0.29, 0.717) is 19.3 Å². The lowest BCUT2D eigenvalue weighted by atomic mass is 9.94. The molecule has 0 bridgehead atoms. The van der Waals surface area contributed by atoms with E-state index in [9.17, 15) is 39.0 Å². The van der Waals surface area contributed by atoms with Crippen LogP contribution in [0.1, 0.15) is 66.7 Å². The maximum atomic E-state index is 13.9. The van der Waals surface area contributed by atoms with Crippen LogP contribution in [0.25, 0.3) is 0 Å². The molecule has 14 heteroatoms. The number of likely N-dealkylation sites (N-methyl/N-ethyl adjacent to an activating group) is 2. The van der Waals surface area contributed by atoms with Gasteiger partial charge < -0.3 is 40.3 Å². The second-order valence-electron chi connectivity index (χ2n) is 11.9. The molecule has 2 fully saturated rings. The van der Waals surface area contributed by atoms with Crippen LogP contribution in [0.4, 0.5) is 0 Å². The molecular weight excluding hydrogens is 562 g/mol. The van der Waals surface area contributed by atoms with Gasteiger partial charge in [0, 0.05) is 33.6 Å². The summed E-state index contributed by atoms with van der Waals surface area (Å²) in [6, 6.07) is -3.84. The number of aliphatic hydroxyl groups excluding tert-OH is 2. The summed E-state index contributed by atoms with van der Waals surface area (Å²) in [6.07, 6.45) is -2.21. The monoisotopic (exact) mass is 611 g/mol. The third-order valence-electron chi connectivity index (χ3n) is 8.45. The second kappa shape index (κ2) is 16.0. The molecule has 0 radical (unpaired) electrons. The summed E-state index contributed by atoms with van der Waals surface area (Å²) in [4.78, 5) is 84.1. The number of carbonyl (C=O) groups excluding carboxylic acids is 6. The van der Waals surface area contributed by atoms with E-state index < -0.39 is 84.9 Å². The number of ether oxygens (including phenoxy) is 1. The highest BCUT2D eigenvalue weighted by atomic mass is 16.5. The molecular formula is C29H49N5O9. The number of nitrogens with zero attached hydrogens (tertiary/aromatic N) is 3. The molecule has 14 nitrogen and oxygen atoms in total. The van der Waals surface area contributed by atoms with Gasteiger partial charge in [-0.15, -0.1) is 0 Å². The SMILES string of the molecule is CC[C@H](C)[C@@H]1NC(=O)C2CCCN2C(=O)[C@@H](CC(O)CO)OC(=O)CCNC(=O)[C@H](C)N(C)C(=O)[C@H](C(C)C)N(C)C1=O. The topological polar surface area (TPSA) is 186 Å². The normalized spacial score (nSPS) is 28.9. The Hall–Kier alpha value is -3.26. The van der Waals surface area contributed by atoms with Gasteiger partial charge in [0.05, 0.1) is 19.1 Å². The zero-order valence-electron chi connectivity index (χ0n) is 26.4. The molecule has 2 rings (SSSR count). The molecule has 0 spiro atoms. The van der Waals surface area contributed by atoms with Crippen LogP contribution >= 0.6 is 0 Å². The third-order valence-corrected chi connectivity index (χ3v) is 8.45. The van der Waals surface area contributed by atoms with Gasteiger partial charge in [0.25, 0.3) is 5.91 Å². The molecule has 244 valence electrons. The molecule has 2 unspecified atom stereocenters. The van der Waals surface area contributed by atoms with Gasteiger partial charge in [-0.1, -0.05) is 34.1 Å². The Balaban J connectivity index is 2.54. The zero-order chi connectivity index (χ0) is 32.6. The molecule has 4 N–H and O–H groups in total. The summed E-state index contributed by atoms with van der Waals surface area (Å²) in [5, 5.41) is 24.8. The fourth-order valence-corrected chi connectivity index (χ4v) is 5.42. The van der Waals surface area contributed by atoms with Crippen molar-refractivity contribution < 1.29 is 43.7 Å². The minimum atomic E-state index is -1.48. The molecule has 5 amide bonds. The molecule has 0 saturated carbocycles. The summed E-state index contributed by atoms with van der Waals surface area (Å²) in [7, 11) is 2.96. The summed E-state index contributed by atoms with van der Waals surface area (Å²) < 4.78 is 5.38. The van der Waals surface area contributed by atoms with Crippen LogP contribution in [0.2, 0.25) is 0 Å². The van der Waals surface area contributed by atoms with Gasteiger partial charge in [0.15, 0.2) is 6.10 Å². The van der Waals surface area contributed by atoms with E-state index >= 15 is 0 Å². The molecule has 0 aliphatic carbocycles. The lowest BCUT2D eigenvalue weighted by Gasteiger charge is -2.38. The highest BCUT2D eigenvalue weighted by Crippen LogP contribution is 2.23. The Morgan fingerprint density at radius 1 is 0.977 bits per heavy atom. The number of esters is 1. The highest BCUT2D eigenvalue weighted by Gasteiger charge is 2.43. The maximum Gasteiger partial charge on any atom is 0.308 e. The van der Waals surface area contributed by atoms with Crippen molar-refractivity contribution in [3.8, 4) is 0 Å². The summed E-state index contributed by atoms with van der Waals surface area (Å²) in [5.41, 5.74) is 0. The van der Waals surface area contributed by atoms with E-state index in [1.165, 1.54) is 35.7 Å². The quantitative estimate of drug-likeness (QED) is 0.274. The Bertz CT molecular complexity index is 1040. The molecule has 43 heavy (non-hydrogen) atoms. The Morgan fingerprint density at radius 2 is 1.63 bits per heavy atom. The van der Waals surface area contributed by atoms with E-state index in [2.05, 4.69) is 10.6 Å². The summed E-state index contributed by atoms with van der Waals surface area (Å²) in [6.45, 7) is 8.14. The second-order valence-corrected chi connectivity index (χ2v) is 11.9. The van der Waals surface area contributed by atoms with Crippen molar-refractivity contribution in [2.45, 2.75) is 103 Å². The molecule has 2 heterocycles. The number of rotatable bonds is 6. The van der Waals surface area contributed by atoms with Crippen LogP contribution in [0.15, 0.2) is 0 Å². The van der Waals surface area contributed by atoms with Gasteiger partial charge in [0.1, 0.15) is 24.2 Å². The fraction of sp³-hybridized carbons (Fsp3) is 0.793. The van der Waals surface area contributed by atoms with Crippen molar-refractivity contribution >= 4 is 35.5 Å². The molecule has 0 aromatic heterocycles. The van der Waals surface area contributed by atoms with Gasteiger partial charge in [0.2, 0.25) is 23.6 Å². The highest BCUT2D eigenvalue weighted by molar-refractivity contribution is 5.96. The number of aliphatic hydroxyl groups is 2. The predicted molar refractivity (Wildman–Crippen MR) is 155 cm³/mol. The average molecular weight is 612 g/mol. The van der Waals surface area contributed by atoms with Crippen LogP contribution < -0.4 is 10.6 Å². The first-order chi connectivity index (χ1) is 20.2. The maximum absolute atomic E-state index is 13.9. The van der Waals surface area contributed by atoms with Crippen LogP contribution in [0.5, 0.6) is 0 Å². The first-order valence-electron chi connectivity index (χ1n) is 15.1. The molecule has 2 saturated heterocycles. The minimum absolute atomic E-state index is 0.148. The Kier molecular flexibility index (Phi) is 13.4. The Morgan fingerprint density at radius 3 is 2.21 bits per heavy atom. The molecule has 7 atom stereocenters. The summed E-state index contributed by atoms with van der Waals surface area (Å²) >= 11 is 0. The van der Waals surface area contributed by atoms with Gasteiger partial charge in [-0.05, 0) is 31.6 Å². The first-order valence-corrected chi connectivity index (χ1v) is 15.1. The number of hydrogen-bond acceptors (Lipinski definition) is 9. The standard InChI is InChI=1S/C29H49N5O9/c1-8-17(4)23-28(41)33(7)24(16(2)3)29(42)32(6)18(5)25(38)30-12-11-22(37)43-21(14-19(36)15-35)27(40)34-13-9-10-20(34)26(39)31-23/h16-21,23-24,35-36H,8-15H2,1-7H3,(H,30,38)(H,31,39)/t17-,18-,19?,20?,21+,23-,24-/m0/s1. The van der Waals surface area contributed by atoms with Crippen molar-refractivity contribution in [2.75, 3.05) is 33.8 Å². The van der Waals surface area contributed by atoms with Crippen molar-refractivity contribution in [1.82, 2.24) is 25.3 Å². The fourth-order valence-electron chi connectivity index (χ4n) is 5.42.